The van der Waals surface area contributed by atoms with Crippen LogP contribution in [0.5, 0.6) is 0 Å². The fraction of sp³-hybridized carbons (Fsp3) is 0.667. The van der Waals surface area contributed by atoms with E-state index in [0.29, 0.717) is 18.2 Å². The SMILES string of the molecule is CCCC/C=C/C=C/C=C/[C@H]1CC[C@@H](OC)[C@@H](C)N1C. The van der Waals surface area contributed by atoms with Crippen LogP contribution in [-0.2, 0) is 4.74 Å². The lowest BCUT2D eigenvalue weighted by Crippen LogP contribution is -2.49. The summed E-state index contributed by atoms with van der Waals surface area (Å²) in [7, 11) is 4.01. The van der Waals surface area contributed by atoms with Gasteiger partial charge in [-0.25, -0.2) is 0 Å². The van der Waals surface area contributed by atoms with Gasteiger partial charge in [0.05, 0.1) is 6.10 Å². The van der Waals surface area contributed by atoms with Crippen molar-refractivity contribution in [1.29, 1.82) is 0 Å². The van der Waals surface area contributed by atoms with E-state index in [-0.39, 0.29) is 0 Å². The first kappa shape index (κ1) is 17.2. The van der Waals surface area contributed by atoms with Gasteiger partial charge in [-0.2, -0.15) is 0 Å². The third-order valence-electron chi connectivity index (χ3n) is 4.28. The number of piperidine rings is 1. The second kappa shape index (κ2) is 9.95. The Labute approximate surface area is 125 Å². The molecular weight excluding hydrogens is 246 g/mol. The Morgan fingerprint density at radius 1 is 1.15 bits per heavy atom. The lowest BCUT2D eigenvalue weighted by atomic mass is 9.94. The van der Waals surface area contributed by atoms with E-state index in [1.807, 2.05) is 7.11 Å². The average Bonchev–Trinajstić information content (AvgIpc) is 2.46. The second-order valence-corrected chi connectivity index (χ2v) is 5.67. The van der Waals surface area contributed by atoms with Crippen LogP contribution in [0.3, 0.4) is 0 Å². The molecule has 1 rings (SSSR count). The van der Waals surface area contributed by atoms with E-state index in [9.17, 15) is 0 Å². The molecule has 1 fully saturated rings. The molecule has 1 aliphatic rings. The molecule has 0 spiro atoms. The molecule has 0 N–H and O–H groups in total. The first-order valence-corrected chi connectivity index (χ1v) is 7.95. The molecule has 114 valence electrons. The summed E-state index contributed by atoms with van der Waals surface area (Å²) < 4.78 is 5.52. The number of rotatable bonds is 7. The highest BCUT2D eigenvalue weighted by Crippen LogP contribution is 2.24. The normalized spacial score (nSPS) is 29.1. The summed E-state index contributed by atoms with van der Waals surface area (Å²) in [6, 6.07) is 1.02. The van der Waals surface area contributed by atoms with E-state index >= 15 is 0 Å². The molecule has 0 aromatic rings. The molecule has 0 aromatic carbocycles. The summed E-state index contributed by atoms with van der Waals surface area (Å²) in [4.78, 5) is 2.42. The van der Waals surface area contributed by atoms with Crippen molar-refractivity contribution in [3.8, 4) is 0 Å². The third kappa shape index (κ3) is 5.64. The minimum atomic E-state index is 0.377. The number of nitrogens with zero attached hydrogens (tertiary/aromatic N) is 1. The lowest BCUT2D eigenvalue weighted by Gasteiger charge is -2.41. The highest BCUT2D eigenvalue weighted by molar-refractivity contribution is 5.13. The van der Waals surface area contributed by atoms with Crippen molar-refractivity contribution < 1.29 is 4.74 Å². The third-order valence-corrected chi connectivity index (χ3v) is 4.28. The molecule has 0 aromatic heterocycles. The standard InChI is InChI=1S/C18H31NO/c1-5-6-7-8-9-10-11-12-13-17-14-15-18(20-4)16(2)19(17)3/h8-13,16-18H,5-7,14-15H2,1-4H3/b9-8+,11-10+,13-12+/t16-,17+,18-/m1/s1. The fourth-order valence-electron chi connectivity index (χ4n) is 2.71. The van der Waals surface area contributed by atoms with Gasteiger partial charge in [0.2, 0.25) is 0 Å². The van der Waals surface area contributed by atoms with Gasteiger partial charge in [-0.15, -0.1) is 0 Å². The van der Waals surface area contributed by atoms with E-state index in [4.69, 9.17) is 4.74 Å². The summed E-state index contributed by atoms with van der Waals surface area (Å²) in [6.45, 7) is 4.47. The van der Waals surface area contributed by atoms with Crippen LogP contribution < -0.4 is 0 Å². The minimum Gasteiger partial charge on any atom is -0.380 e. The molecule has 3 atom stereocenters. The number of likely N-dealkylation sites (N-methyl/N-ethyl adjacent to an activating group) is 1. The smallest absolute Gasteiger partial charge is 0.0724 e. The summed E-state index contributed by atoms with van der Waals surface area (Å²) in [5.41, 5.74) is 0. The summed E-state index contributed by atoms with van der Waals surface area (Å²) in [6.07, 6.45) is 19.6. The van der Waals surface area contributed by atoms with Crippen LogP contribution in [0.15, 0.2) is 36.5 Å². The first-order valence-electron chi connectivity index (χ1n) is 7.95. The van der Waals surface area contributed by atoms with Crippen molar-refractivity contribution in [1.82, 2.24) is 4.90 Å². The van der Waals surface area contributed by atoms with Crippen molar-refractivity contribution >= 4 is 0 Å². The summed E-state index contributed by atoms with van der Waals surface area (Å²) in [5, 5.41) is 0. The van der Waals surface area contributed by atoms with Crippen molar-refractivity contribution in [2.45, 2.75) is 64.1 Å². The van der Waals surface area contributed by atoms with Crippen molar-refractivity contribution in [2.75, 3.05) is 14.2 Å². The van der Waals surface area contributed by atoms with Crippen molar-refractivity contribution in [3.63, 3.8) is 0 Å². The Morgan fingerprint density at radius 2 is 1.90 bits per heavy atom. The molecule has 2 heteroatoms. The maximum Gasteiger partial charge on any atom is 0.0724 e. The molecule has 2 nitrogen and oxygen atoms in total. The lowest BCUT2D eigenvalue weighted by molar-refractivity contribution is -0.0148. The van der Waals surface area contributed by atoms with Gasteiger partial charge in [-0.1, -0.05) is 56.2 Å². The van der Waals surface area contributed by atoms with E-state index < -0.39 is 0 Å². The Morgan fingerprint density at radius 3 is 2.60 bits per heavy atom. The van der Waals surface area contributed by atoms with Crippen molar-refractivity contribution in [3.05, 3.63) is 36.5 Å². The number of likely N-dealkylation sites (tertiary alicyclic amines) is 1. The van der Waals surface area contributed by atoms with E-state index in [2.05, 4.69) is 62.3 Å². The maximum absolute atomic E-state index is 5.52. The Bertz CT molecular complexity index is 332. The molecule has 0 saturated carbocycles. The Hall–Kier alpha value is -0.860. The van der Waals surface area contributed by atoms with Gasteiger partial charge < -0.3 is 4.74 Å². The predicted octanol–water partition coefficient (Wildman–Crippen LogP) is 4.34. The van der Waals surface area contributed by atoms with Crippen LogP contribution in [0.4, 0.5) is 0 Å². The number of methoxy groups -OCH3 is 1. The molecule has 20 heavy (non-hydrogen) atoms. The Kier molecular flexibility index (Phi) is 8.56. The highest BCUT2D eigenvalue weighted by Gasteiger charge is 2.30. The average molecular weight is 277 g/mol. The van der Waals surface area contributed by atoms with E-state index in [1.54, 1.807) is 0 Å². The van der Waals surface area contributed by atoms with E-state index in [1.165, 1.54) is 25.7 Å². The van der Waals surface area contributed by atoms with Crippen LogP contribution in [0.25, 0.3) is 0 Å². The van der Waals surface area contributed by atoms with Crippen molar-refractivity contribution in [2.24, 2.45) is 0 Å². The van der Waals surface area contributed by atoms with Gasteiger partial charge in [-0.05, 0) is 33.2 Å². The fourth-order valence-corrected chi connectivity index (χ4v) is 2.71. The van der Waals surface area contributed by atoms with Crippen LogP contribution in [-0.4, -0.2) is 37.2 Å². The van der Waals surface area contributed by atoms with Gasteiger partial charge in [0.15, 0.2) is 0 Å². The van der Waals surface area contributed by atoms with Crippen LogP contribution >= 0.6 is 0 Å². The quantitative estimate of drug-likeness (QED) is 0.507. The molecule has 0 unspecified atom stereocenters. The predicted molar refractivity (Wildman–Crippen MR) is 88.0 cm³/mol. The zero-order valence-electron chi connectivity index (χ0n) is 13.6. The molecule has 0 bridgehead atoms. The van der Waals surface area contributed by atoms with Crippen LogP contribution in [0, 0.1) is 0 Å². The second-order valence-electron chi connectivity index (χ2n) is 5.67. The molecule has 0 aliphatic carbocycles. The number of allylic oxidation sites excluding steroid dienone is 5. The van der Waals surface area contributed by atoms with Crippen LogP contribution in [0.2, 0.25) is 0 Å². The largest absolute Gasteiger partial charge is 0.380 e. The zero-order chi connectivity index (χ0) is 14.8. The zero-order valence-corrected chi connectivity index (χ0v) is 13.6. The Balaban J connectivity index is 2.35. The topological polar surface area (TPSA) is 12.5 Å². The first-order chi connectivity index (χ1) is 9.70. The summed E-state index contributed by atoms with van der Waals surface area (Å²) in [5.74, 6) is 0. The molecule has 0 amide bonds. The molecule has 1 saturated heterocycles. The highest BCUT2D eigenvalue weighted by atomic mass is 16.5. The number of hydrogen-bond acceptors (Lipinski definition) is 2. The van der Waals surface area contributed by atoms with Crippen LogP contribution in [0.1, 0.15) is 46.0 Å². The van der Waals surface area contributed by atoms with E-state index in [0.717, 1.165) is 6.42 Å². The van der Waals surface area contributed by atoms with Gasteiger partial charge in [-0.3, -0.25) is 4.90 Å². The minimum absolute atomic E-state index is 0.377. The molecule has 1 aliphatic heterocycles. The molecular formula is C18H31NO. The van der Waals surface area contributed by atoms with Gasteiger partial charge in [0.1, 0.15) is 0 Å². The van der Waals surface area contributed by atoms with Gasteiger partial charge >= 0.3 is 0 Å². The number of hydrogen-bond donors (Lipinski definition) is 0. The monoisotopic (exact) mass is 277 g/mol. The summed E-state index contributed by atoms with van der Waals surface area (Å²) >= 11 is 0. The van der Waals surface area contributed by atoms with Gasteiger partial charge in [0.25, 0.3) is 0 Å². The molecule has 1 heterocycles. The number of unbranched alkanes of at least 4 members (excludes halogenated alkanes) is 2. The van der Waals surface area contributed by atoms with Gasteiger partial charge in [0, 0.05) is 19.2 Å². The molecule has 0 radical (unpaired) electrons. The number of ether oxygens (including phenoxy) is 1. The maximum atomic E-state index is 5.52.